The molecule has 0 aromatic carbocycles. The van der Waals surface area contributed by atoms with E-state index in [0.29, 0.717) is 12.0 Å². The van der Waals surface area contributed by atoms with Crippen molar-refractivity contribution >= 4 is 11.3 Å². The van der Waals surface area contributed by atoms with Crippen LogP contribution in [-0.2, 0) is 6.54 Å². The van der Waals surface area contributed by atoms with Gasteiger partial charge in [-0.3, -0.25) is 4.90 Å². The summed E-state index contributed by atoms with van der Waals surface area (Å²) in [5.41, 5.74) is 1.43. The van der Waals surface area contributed by atoms with Gasteiger partial charge in [0, 0.05) is 12.6 Å². The van der Waals surface area contributed by atoms with Crippen LogP contribution in [0.3, 0.4) is 0 Å². The summed E-state index contributed by atoms with van der Waals surface area (Å²) < 4.78 is 0. The minimum Gasteiger partial charge on any atom is -0.317 e. The molecule has 0 radical (unpaired) electrons. The van der Waals surface area contributed by atoms with Gasteiger partial charge in [0.2, 0.25) is 0 Å². The third-order valence-corrected chi connectivity index (χ3v) is 3.98. The molecule has 0 aliphatic rings. The van der Waals surface area contributed by atoms with E-state index >= 15 is 0 Å². The fourth-order valence-corrected chi connectivity index (χ4v) is 2.45. The van der Waals surface area contributed by atoms with Crippen LogP contribution in [0.25, 0.3) is 0 Å². The largest absolute Gasteiger partial charge is 0.317 e. The van der Waals surface area contributed by atoms with Crippen LogP contribution in [0.2, 0.25) is 0 Å². The summed E-state index contributed by atoms with van der Waals surface area (Å²) in [6, 6.07) is 2.82. The van der Waals surface area contributed by atoms with Crippen molar-refractivity contribution in [2.24, 2.45) is 5.92 Å². The predicted octanol–water partition coefficient (Wildman–Crippen LogP) is 2.81. The Hall–Kier alpha value is -0.380. The summed E-state index contributed by atoms with van der Waals surface area (Å²) in [6.45, 7) is 10.0. The van der Waals surface area contributed by atoms with Crippen LogP contribution in [0.4, 0.5) is 0 Å². The van der Waals surface area contributed by atoms with Crippen LogP contribution >= 0.6 is 11.3 Å². The van der Waals surface area contributed by atoms with E-state index in [0.717, 1.165) is 19.6 Å². The highest BCUT2D eigenvalue weighted by Gasteiger charge is 2.16. The number of nitrogens with zero attached hydrogens (tertiary/aromatic N) is 1. The van der Waals surface area contributed by atoms with E-state index in [2.05, 4.69) is 54.9 Å². The van der Waals surface area contributed by atoms with E-state index in [4.69, 9.17) is 0 Å². The highest BCUT2D eigenvalue weighted by Crippen LogP contribution is 2.14. The second-order valence-electron chi connectivity index (χ2n) is 4.57. The van der Waals surface area contributed by atoms with Crippen LogP contribution in [-0.4, -0.2) is 31.1 Å². The molecule has 3 heteroatoms. The maximum Gasteiger partial charge on any atom is 0.0241 e. The molecule has 2 atom stereocenters. The van der Waals surface area contributed by atoms with Crippen LogP contribution in [0.1, 0.15) is 26.3 Å². The molecule has 0 saturated carbocycles. The van der Waals surface area contributed by atoms with E-state index in [-0.39, 0.29) is 0 Å². The van der Waals surface area contributed by atoms with Crippen molar-refractivity contribution < 1.29 is 0 Å². The van der Waals surface area contributed by atoms with Crippen molar-refractivity contribution in [2.45, 2.75) is 33.4 Å². The molecule has 1 heterocycles. The lowest BCUT2D eigenvalue weighted by atomic mass is 10.0. The number of thiophene rings is 1. The number of nitrogens with one attached hydrogen (secondary N) is 1. The van der Waals surface area contributed by atoms with Gasteiger partial charge in [-0.2, -0.15) is 11.3 Å². The molecule has 0 fully saturated rings. The standard InChI is InChI=1S/C13H24N2S/c1-5-14-8-11(2)12(3)15(4)9-13-6-7-16-10-13/h6-7,10-12,14H,5,8-9H2,1-4H3. The van der Waals surface area contributed by atoms with E-state index in [1.165, 1.54) is 5.56 Å². The van der Waals surface area contributed by atoms with Crippen molar-refractivity contribution in [3.8, 4) is 0 Å². The highest BCUT2D eigenvalue weighted by molar-refractivity contribution is 7.07. The maximum absolute atomic E-state index is 3.42. The summed E-state index contributed by atoms with van der Waals surface area (Å²) in [7, 11) is 2.21. The SMILES string of the molecule is CCNCC(C)C(C)N(C)Cc1ccsc1. The Balaban J connectivity index is 2.37. The third kappa shape index (κ3) is 4.24. The lowest BCUT2D eigenvalue weighted by Gasteiger charge is -2.29. The Morgan fingerprint density at radius 2 is 2.19 bits per heavy atom. The second-order valence-corrected chi connectivity index (χ2v) is 5.35. The molecular weight excluding hydrogens is 216 g/mol. The normalized spacial score (nSPS) is 15.3. The fourth-order valence-electron chi connectivity index (χ4n) is 1.79. The number of rotatable bonds is 7. The van der Waals surface area contributed by atoms with Gasteiger partial charge in [-0.1, -0.05) is 13.8 Å². The van der Waals surface area contributed by atoms with Crippen molar-refractivity contribution in [1.29, 1.82) is 0 Å². The summed E-state index contributed by atoms with van der Waals surface area (Å²) >= 11 is 1.78. The molecule has 0 amide bonds. The van der Waals surface area contributed by atoms with Gasteiger partial charge in [-0.05, 0) is 55.4 Å². The molecule has 0 bridgehead atoms. The van der Waals surface area contributed by atoms with Gasteiger partial charge in [-0.15, -0.1) is 0 Å². The van der Waals surface area contributed by atoms with Crippen molar-refractivity contribution in [1.82, 2.24) is 10.2 Å². The quantitative estimate of drug-likeness (QED) is 0.788. The van der Waals surface area contributed by atoms with Gasteiger partial charge in [0.1, 0.15) is 0 Å². The highest BCUT2D eigenvalue weighted by atomic mass is 32.1. The number of hydrogen-bond acceptors (Lipinski definition) is 3. The first-order chi connectivity index (χ1) is 7.65. The second kappa shape index (κ2) is 7.05. The van der Waals surface area contributed by atoms with Gasteiger partial charge < -0.3 is 5.32 Å². The third-order valence-electron chi connectivity index (χ3n) is 3.25. The summed E-state index contributed by atoms with van der Waals surface area (Å²) in [5.74, 6) is 0.684. The molecule has 0 saturated heterocycles. The van der Waals surface area contributed by atoms with Crippen molar-refractivity contribution in [3.63, 3.8) is 0 Å². The molecule has 0 spiro atoms. The van der Waals surface area contributed by atoms with Crippen LogP contribution in [0.5, 0.6) is 0 Å². The Morgan fingerprint density at radius 1 is 1.44 bits per heavy atom. The van der Waals surface area contributed by atoms with Crippen molar-refractivity contribution in [2.75, 3.05) is 20.1 Å². The number of hydrogen-bond donors (Lipinski definition) is 1. The summed E-state index contributed by atoms with van der Waals surface area (Å²) in [6.07, 6.45) is 0. The monoisotopic (exact) mass is 240 g/mol. The summed E-state index contributed by atoms with van der Waals surface area (Å²) in [4.78, 5) is 2.43. The minimum atomic E-state index is 0.610. The zero-order chi connectivity index (χ0) is 12.0. The van der Waals surface area contributed by atoms with Gasteiger partial charge >= 0.3 is 0 Å². The van der Waals surface area contributed by atoms with Crippen LogP contribution < -0.4 is 5.32 Å². The summed E-state index contributed by atoms with van der Waals surface area (Å²) in [5, 5.41) is 7.80. The molecule has 92 valence electrons. The lowest BCUT2D eigenvalue weighted by molar-refractivity contribution is 0.189. The molecule has 2 nitrogen and oxygen atoms in total. The molecule has 1 aromatic rings. The average molecular weight is 240 g/mol. The van der Waals surface area contributed by atoms with Gasteiger partial charge in [0.25, 0.3) is 0 Å². The molecule has 16 heavy (non-hydrogen) atoms. The molecule has 1 aromatic heterocycles. The van der Waals surface area contributed by atoms with E-state index in [1.54, 1.807) is 11.3 Å². The van der Waals surface area contributed by atoms with Gasteiger partial charge in [0.05, 0.1) is 0 Å². The lowest BCUT2D eigenvalue weighted by Crippen LogP contribution is -2.38. The molecular formula is C13H24N2S. The maximum atomic E-state index is 3.42. The van der Waals surface area contributed by atoms with Gasteiger partial charge in [-0.25, -0.2) is 0 Å². The van der Waals surface area contributed by atoms with E-state index in [9.17, 15) is 0 Å². The first kappa shape index (κ1) is 13.7. The topological polar surface area (TPSA) is 15.3 Å². The average Bonchev–Trinajstić information content (AvgIpc) is 2.77. The predicted molar refractivity (Wildman–Crippen MR) is 73.0 cm³/mol. The Bertz CT molecular complexity index is 271. The van der Waals surface area contributed by atoms with Crippen LogP contribution in [0, 0.1) is 5.92 Å². The van der Waals surface area contributed by atoms with Crippen molar-refractivity contribution in [3.05, 3.63) is 22.4 Å². The smallest absolute Gasteiger partial charge is 0.0241 e. The first-order valence-corrected chi connectivity index (χ1v) is 7.01. The molecule has 0 aliphatic carbocycles. The van der Waals surface area contributed by atoms with E-state index < -0.39 is 0 Å². The Morgan fingerprint density at radius 3 is 2.75 bits per heavy atom. The first-order valence-electron chi connectivity index (χ1n) is 6.07. The fraction of sp³-hybridized carbons (Fsp3) is 0.692. The minimum absolute atomic E-state index is 0.610. The Kier molecular flexibility index (Phi) is 6.03. The zero-order valence-electron chi connectivity index (χ0n) is 10.9. The van der Waals surface area contributed by atoms with Crippen LogP contribution in [0.15, 0.2) is 16.8 Å². The molecule has 2 unspecified atom stereocenters. The molecule has 1 rings (SSSR count). The van der Waals surface area contributed by atoms with Gasteiger partial charge in [0.15, 0.2) is 0 Å². The molecule has 1 N–H and O–H groups in total. The van der Waals surface area contributed by atoms with E-state index in [1.807, 2.05) is 0 Å². The Labute approximate surface area is 104 Å². The molecule has 0 aliphatic heterocycles. The zero-order valence-corrected chi connectivity index (χ0v) is 11.7.